The van der Waals surface area contributed by atoms with Crippen LogP contribution in [-0.4, -0.2) is 20.4 Å². The molecule has 0 aliphatic heterocycles. The zero-order valence-electron chi connectivity index (χ0n) is 20.6. The summed E-state index contributed by atoms with van der Waals surface area (Å²) in [6.45, 7) is 8.39. The predicted octanol–water partition coefficient (Wildman–Crippen LogP) is 5.44. The summed E-state index contributed by atoms with van der Waals surface area (Å²) in [5.74, 6) is 0.363. The molecule has 4 rings (SSSR count). The molecule has 0 spiro atoms. The second kappa shape index (κ2) is 9.54. The van der Waals surface area contributed by atoms with Gasteiger partial charge in [-0.2, -0.15) is 0 Å². The molecule has 0 saturated heterocycles. The lowest BCUT2D eigenvalue weighted by Gasteiger charge is -2.19. The first-order chi connectivity index (χ1) is 16.6. The van der Waals surface area contributed by atoms with Crippen molar-refractivity contribution in [1.29, 1.82) is 0 Å². The fraction of sp³-hybridized carbons (Fsp3) is 0.214. The van der Waals surface area contributed by atoms with Gasteiger partial charge in [-0.25, -0.2) is 9.97 Å². The van der Waals surface area contributed by atoms with E-state index in [9.17, 15) is 9.59 Å². The second-order valence-electron chi connectivity index (χ2n) is 9.54. The second-order valence-corrected chi connectivity index (χ2v) is 9.54. The van der Waals surface area contributed by atoms with Gasteiger partial charge in [0.2, 0.25) is 0 Å². The van der Waals surface area contributed by atoms with Gasteiger partial charge in [0.25, 0.3) is 11.5 Å². The zero-order valence-corrected chi connectivity index (χ0v) is 20.6. The van der Waals surface area contributed by atoms with Crippen LogP contribution in [0.3, 0.4) is 0 Å². The maximum atomic E-state index is 13.0. The maximum absolute atomic E-state index is 13.0. The summed E-state index contributed by atoms with van der Waals surface area (Å²) in [5, 5.41) is 6.11. The molecule has 7 heteroatoms. The molecular formula is C28H29N5O2. The molecule has 0 aliphatic carbocycles. The Labute approximate surface area is 204 Å². The Morgan fingerprint density at radius 1 is 1.00 bits per heavy atom. The lowest BCUT2D eigenvalue weighted by Crippen LogP contribution is -2.20. The first-order valence-electron chi connectivity index (χ1n) is 11.4. The van der Waals surface area contributed by atoms with Crippen LogP contribution in [0.4, 0.5) is 17.2 Å². The summed E-state index contributed by atoms with van der Waals surface area (Å²) in [5.41, 5.74) is 5.39. The number of hydrogen-bond acceptors (Lipinski definition) is 5. The van der Waals surface area contributed by atoms with Crippen molar-refractivity contribution in [1.82, 2.24) is 14.5 Å². The molecule has 0 bridgehead atoms. The van der Waals surface area contributed by atoms with Crippen LogP contribution in [0.15, 0.2) is 78.1 Å². The number of aryl methyl sites for hydroxylation is 1. The number of aromatic nitrogens is 3. The van der Waals surface area contributed by atoms with E-state index in [-0.39, 0.29) is 16.9 Å². The van der Waals surface area contributed by atoms with E-state index >= 15 is 0 Å². The van der Waals surface area contributed by atoms with Crippen molar-refractivity contribution in [2.45, 2.75) is 33.1 Å². The van der Waals surface area contributed by atoms with Crippen LogP contribution in [0.1, 0.15) is 42.3 Å². The number of nitrogens with zero attached hydrogens (tertiary/aromatic N) is 3. The van der Waals surface area contributed by atoms with E-state index in [0.717, 1.165) is 16.7 Å². The van der Waals surface area contributed by atoms with Gasteiger partial charge in [0, 0.05) is 36.3 Å². The van der Waals surface area contributed by atoms with Crippen LogP contribution >= 0.6 is 0 Å². The smallest absolute Gasteiger partial charge is 0.274 e. The Morgan fingerprint density at radius 2 is 1.74 bits per heavy atom. The SMILES string of the molecule is Cc1c(NC(=O)c2ccc(C(C)(C)C)cc2)cccc1-c1cc(Nc2ccncn2)c(=O)n(C)c1. The van der Waals surface area contributed by atoms with Crippen molar-refractivity contribution in [3.05, 3.63) is 100 Å². The van der Waals surface area contributed by atoms with Crippen LogP contribution in [0.5, 0.6) is 0 Å². The number of benzene rings is 2. The van der Waals surface area contributed by atoms with Crippen molar-refractivity contribution in [2.24, 2.45) is 7.05 Å². The summed E-state index contributed by atoms with van der Waals surface area (Å²) in [7, 11) is 1.71. The Hall–Kier alpha value is -4.26. The maximum Gasteiger partial charge on any atom is 0.274 e. The molecule has 0 aliphatic rings. The molecule has 0 unspecified atom stereocenters. The highest BCUT2D eigenvalue weighted by molar-refractivity contribution is 6.05. The molecule has 2 heterocycles. The van der Waals surface area contributed by atoms with E-state index in [0.29, 0.717) is 22.8 Å². The van der Waals surface area contributed by atoms with E-state index in [4.69, 9.17) is 0 Å². The molecule has 0 fully saturated rings. The molecule has 0 radical (unpaired) electrons. The quantitative estimate of drug-likeness (QED) is 0.408. The molecule has 35 heavy (non-hydrogen) atoms. The molecule has 7 nitrogen and oxygen atoms in total. The van der Waals surface area contributed by atoms with Crippen molar-refractivity contribution >= 4 is 23.1 Å². The van der Waals surface area contributed by atoms with Gasteiger partial charge in [0.05, 0.1) is 0 Å². The number of amides is 1. The highest BCUT2D eigenvalue weighted by atomic mass is 16.1. The molecule has 2 aromatic carbocycles. The summed E-state index contributed by atoms with van der Waals surface area (Å²) in [6.07, 6.45) is 4.81. The third kappa shape index (κ3) is 5.30. The first kappa shape index (κ1) is 23.9. The molecule has 0 saturated carbocycles. The van der Waals surface area contributed by atoms with E-state index in [2.05, 4.69) is 41.4 Å². The van der Waals surface area contributed by atoms with E-state index < -0.39 is 0 Å². The predicted molar refractivity (Wildman–Crippen MR) is 140 cm³/mol. The third-order valence-electron chi connectivity index (χ3n) is 5.93. The number of hydrogen-bond donors (Lipinski definition) is 2. The molecule has 1 amide bonds. The van der Waals surface area contributed by atoms with Crippen LogP contribution in [-0.2, 0) is 12.5 Å². The van der Waals surface area contributed by atoms with Crippen LogP contribution < -0.4 is 16.2 Å². The molecule has 178 valence electrons. The van der Waals surface area contributed by atoms with Gasteiger partial charge in [-0.15, -0.1) is 0 Å². The highest BCUT2D eigenvalue weighted by Gasteiger charge is 2.16. The van der Waals surface area contributed by atoms with Gasteiger partial charge in [0.1, 0.15) is 17.8 Å². The van der Waals surface area contributed by atoms with Crippen molar-refractivity contribution in [2.75, 3.05) is 10.6 Å². The van der Waals surface area contributed by atoms with E-state index in [1.54, 1.807) is 31.6 Å². The number of rotatable bonds is 5. The standard InChI is InChI=1S/C28H29N5O2/c1-18-22(20-15-24(27(35)33(5)16-20)31-25-13-14-29-17-30-25)7-6-8-23(18)32-26(34)19-9-11-21(12-10-19)28(2,3)4/h6-17H,1-5H3,(H,32,34)(H,29,30,31). The fourth-order valence-corrected chi connectivity index (χ4v) is 3.85. The minimum Gasteiger partial charge on any atom is -0.336 e. The Kier molecular flexibility index (Phi) is 6.51. The molecule has 4 aromatic rings. The van der Waals surface area contributed by atoms with Crippen molar-refractivity contribution < 1.29 is 4.79 Å². The van der Waals surface area contributed by atoms with Crippen LogP contribution in [0.2, 0.25) is 0 Å². The zero-order chi connectivity index (χ0) is 25.2. The number of carbonyl (C=O) groups is 1. The molecule has 2 N–H and O–H groups in total. The van der Waals surface area contributed by atoms with Gasteiger partial charge in [-0.1, -0.05) is 45.0 Å². The number of nitrogens with one attached hydrogen (secondary N) is 2. The third-order valence-corrected chi connectivity index (χ3v) is 5.93. The Morgan fingerprint density at radius 3 is 2.40 bits per heavy atom. The van der Waals surface area contributed by atoms with Gasteiger partial charge < -0.3 is 15.2 Å². The molecule has 2 aromatic heterocycles. The Balaban J connectivity index is 1.63. The summed E-state index contributed by atoms with van der Waals surface area (Å²) < 4.78 is 1.53. The Bertz CT molecular complexity index is 1420. The summed E-state index contributed by atoms with van der Waals surface area (Å²) in [4.78, 5) is 33.7. The van der Waals surface area contributed by atoms with Gasteiger partial charge in [0.15, 0.2) is 0 Å². The van der Waals surface area contributed by atoms with E-state index in [1.165, 1.54) is 16.5 Å². The van der Waals surface area contributed by atoms with Gasteiger partial charge in [-0.3, -0.25) is 9.59 Å². The molecule has 0 atom stereocenters. The lowest BCUT2D eigenvalue weighted by atomic mass is 9.86. The minimum absolute atomic E-state index is 0.0247. The van der Waals surface area contributed by atoms with E-state index in [1.807, 2.05) is 49.4 Å². The van der Waals surface area contributed by atoms with Gasteiger partial charge in [-0.05, 0) is 59.4 Å². The summed E-state index contributed by atoms with van der Waals surface area (Å²) in [6, 6.07) is 16.9. The highest BCUT2D eigenvalue weighted by Crippen LogP contribution is 2.30. The lowest BCUT2D eigenvalue weighted by molar-refractivity contribution is 0.102. The largest absolute Gasteiger partial charge is 0.336 e. The fourth-order valence-electron chi connectivity index (χ4n) is 3.85. The first-order valence-corrected chi connectivity index (χ1v) is 11.4. The van der Waals surface area contributed by atoms with Crippen LogP contribution in [0, 0.1) is 6.92 Å². The normalized spacial score (nSPS) is 11.2. The number of pyridine rings is 1. The minimum atomic E-state index is -0.173. The number of anilines is 3. The van der Waals surface area contributed by atoms with Crippen molar-refractivity contribution in [3.63, 3.8) is 0 Å². The monoisotopic (exact) mass is 467 g/mol. The number of carbonyl (C=O) groups excluding carboxylic acids is 1. The summed E-state index contributed by atoms with van der Waals surface area (Å²) >= 11 is 0. The van der Waals surface area contributed by atoms with Gasteiger partial charge >= 0.3 is 0 Å². The topological polar surface area (TPSA) is 88.9 Å². The average Bonchev–Trinajstić information content (AvgIpc) is 2.83. The van der Waals surface area contributed by atoms with Crippen LogP contribution in [0.25, 0.3) is 11.1 Å². The average molecular weight is 468 g/mol. The van der Waals surface area contributed by atoms with Crippen molar-refractivity contribution in [3.8, 4) is 11.1 Å². The molecular weight excluding hydrogens is 438 g/mol.